The fourth-order valence-electron chi connectivity index (χ4n) is 1.94. The Kier molecular flexibility index (Phi) is 6.03. The first-order valence-corrected chi connectivity index (χ1v) is 7.51. The molecule has 21 heavy (non-hydrogen) atoms. The summed E-state index contributed by atoms with van der Waals surface area (Å²) in [6.07, 6.45) is 3.50. The molecule has 0 aliphatic rings. The first-order valence-electron chi connectivity index (χ1n) is 6.75. The van der Waals surface area contributed by atoms with Crippen molar-refractivity contribution >= 4 is 29.1 Å². The molecular formula is C16H16Cl2N2O. The largest absolute Gasteiger partial charge is 0.356 e. The molecule has 0 radical (unpaired) electrons. The molecule has 5 heteroatoms. The number of rotatable bonds is 6. The van der Waals surface area contributed by atoms with Gasteiger partial charge in [-0.25, -0.2) is 0 Å². The average molecular weight is 323 g/mol. The molecule has 0 saturated heterocycles. The van der Waals surface area contributed by atoms with Crippen molar-refractivity contribution in [3.63, 3.8) is 0 Å². The van der Waals surface area contributed by atoms with Gasteiger partial charge in [0.15, 0.2) is 0 Å². The van der Waals surface area contributed by atoms with Crippen molar-refractivity contribution in [3.8, 4) is 0 Å². The smallest absolute Gasteiger partial charge is 0.220 e. The fourth-order valence-corrected chi connectivity index (χ4v) is 2.44. The molecule has 1 heterocycles. The molecule has 0 atom stereocenters. The Morgan fingerprint density at radius 3 is 2.71 bits per heavy atom. The highest BCUT2D eigenvalue weighted by Gasteiger charge is 2.04. The van der Waals surface area contributed by atoms with Gasteiger partial charge in [-0.15, -0.1) is 0 Å². The second-order valence-corrected chi connectivity index (χ2v) is 5.50. The zero-order valence-electron chi connectivity index (χ0n) is 11.5. The van der Waals surface area contributed by atoms with E-state index in [0.717, 1.165) is 11.3 Å². The van der Waals surface area contributed by atoms with E-state index in [4.69, 9.17) is 23.2 Å². The summed E-state index contributed by atoms with van der Waals surface area (Å²) in [4.78, 5) is 15.9. The Morgan fingerprint density at radius 1 is 1.14 bits per heavy atom. The number of carbonyl (C=O) groups is 1. The predicted molar refractivity (Wildman–Crippen MR) is 85.7 cm³/mol. The fraction of sp³-hybridized carbons (Fsp3) is 0.250. The van der Waals surface area contributed by atoms with Crippen LogP contribution >= 0.6 is 23.2 Å². The highest BCUT2D eigenvalue weighted by Crippen LogP contribution is 2.21. The Hall–Kier alpha value is -1.58. The van der Waals surface area contributed by atoms with Gasteiger partial charge < -0.3 is 5.32 Å². The van der Waals surface area contributed by atoms with Gasteiger partial charge in [0, 0.05) is 34.9 Å². The first-order chi connectivity index (χ1) is 10.1. The van der Waals surface area contributed by atoms with Crippen molar-refractivity contribution in [1.29, 1.82) is 0 Å². The number of nitrogens with one attached hydrogen (secondary N) is 1. The molecule has 1 amide bonds. The molecule has 0 fully saturated rings. The number of benzene rings is 1. The second kappa shape index (κ2) is 8.01. The molecule has 2 aromatic rings. The van der Waals surface area contributed by atoms with Crippen LogP contribution in [0.1, 0.15) is 17.7 Å². The van der Waals surface area contributed by atoms with E-state index in [2.05, 4.69) is 10.3 Å². The van der Waals surface area contributed by atoms with Gasteiger partial charge >= 0.3 is 0 Å². The number of aryl methyl sites for hydroxylation is 1. The Labute approximate surface area is 134 Å². The van der Waals surface area contributed by atoms with Crippen LogP contribution in [0.3, 0.4) is 0 Å². The molecule has 110 valence electrons. The lowest BCUT2D eigenvalue weighted by molar-refractivity contribution is -0.121. The number of pyridine rings is 1. The number of hydrogen-bond donors (Lipinski definition) is 1. The highest BCUT2D eigenvalue weighted by atomic mass is 35.5. The number of aromatic nitrogens is 1. The van der Waals surface area contributed by atoms with Crippen molar-refractivity contribution in [1.82, 2.24) is 10.3 Å². The molecule has 0 spiro atoms. The number of hydrogen-bond acceptors (Lipinski definition) is 2. The molecule has 1 N–H and O–H groups in total. The van der Waals surface area contributed by atoms with Crippen LogP contribution in [0, 0.1) is 0 Å². The van der Waals surface area contributed by atoms with Crippen molar-refractivity contribution in [2.45, 2.75) is 19.3 Å². The third-order valence-corrected chi connectivity index (χ3v) is 3.65. The molecule has 3 nitrogen and oxygen atoms in total. The number of halogens is 2. The van der Waals surface area contributed by atoms with Crippen LogP contribution in [0.2, 0.25) is 10.0 Å². The SMILES string of the molecule is O=C(CCc1ccccn1)NCCc1ccc(Cl)cc1Cl. The summed E-state index contributed by atoms with van der Waals surface area (Å²) < 4.78 is 0. The van der Waals surface area contributed by atoms with Crippen molar-refractivity contribution in [2.75, 3.05) is 6.54 Å². The molecule has 1 aromatic heterocycles. The van der Waals surface area contributed by atoms with E-state index in [1.54, 1.807) is 18.3 Å². The third-order valence-electron chi connectivity index (χ3n) is 3.07. The number of amides is 1. The van der Waals surface area contributed by atoms with Gasteiger partial charge in [-0.1, -0.05) is 35.3 Å². The molecular weight excluding hydrogens is 307 g/mol. The zero-order valence-corrected chi connectivity index (χ0v) is 13.0. The Morgan fingerprint density at radius 2 is 2.00 bits per heavy atom. The molecule has 0 bridgehead atoms. The molecule has 0 unspecified atom stereocenters. The van der Waals surface area contributed by atoms with E-state index in [1.807, 2.05) is 24.3 Å². The summed E-state index contributed by atoms with van der Waals surface area (Å²) in [5.74, 6) is 0.0192. The monoisotopic (exact) mass is 322 g/mol. The van der Waals surface area contributed by atoms with Crippen LogP contribution in [0.5, 0.6) is 0 Å². The van der Waals surface area contributed by atoms with E-state index < -0.39 is 0 Å². The highest BCUT2D eigenvalue weighted by molar-refractivity contribution is 6.35. The lowest BCUT2D eigenvalue weighted by Crippen LogP contribution is -2.26. The lowest BCUT2D eigenvalue weighted by atomic mass is 10.1. The van der Waals surface area contributed by atoms with Gasteiger partial charge in [-0.2, -0.15) is 0 Å². The van der Waals surface area contributed by atoms with Crippen LogP contribution in [0.25, 0.3) is 0 Å². The van der Waals surface area contributed by atoms with Crippen LogP contribution < -0.4 is 5.32 Å². The summed E-state index contributed by atoms with van der Waals surface area (Å²) >= 11 is 11.9. The summed E-state index contributed by atoms with van der Waals surface area (Å²) in [5, 5.41) is 4.13. The first kappa shape index (κ1) is 15.8. The number of carbonyl (C=O) groups excluding carboxylic acids is 1. The second-order valence-electron chi connectivity index (χ2n) is 4.66. The maximum absolute atomic E-state index is 11.8. The third kappa shape index (κ3) is 5.37. The lowest BCUT2D eigenvalue weighted by Gasteiger charge is -2.07. The maximum Gasteiger partial charge on any atom is 0.220 e. The molecule has 1 aromatic carbocycles. The van der Waals surface area contributed by atoms with E-state index >= 15 is 0 Å². The van der Waals surface area contributed by atoms with E-state index in [9.17, 15) is 4.79 Å². The predicted octanol–water partition coefficient (Wildman–Crippen LogP) is 3.68. The normalized spacial score (nSPS) is 10.4. The van der Waals surface area contributed by atoms with E-state index in [-0.39, 0.29) is 5.91 Å². The van der Waals surface area contributed by atoms with Crippen LogP contribution in [0.15, 0.2) is 42.6 Å². The van der Waals surface area contributed by atoms with Crippen LogP contribution in [-0.2, 0) is 17.6 Å². The molecule has 0 aliphatic carbocycles. The summed E-state index contributed by atoms with van der Waals surface area (Å²) in [6.45, 7) is 0.558. The average Bonchev–Trinajstić information content (AvgIpc) is 2.48. The van der Waals surface area contributed by atoms with Gasteiger partial charge in [-0.3, -0.25) is 9.78 Å². The van der Waals surface area contributed by atoms with Gasteiger partial charge in [-0.05, 0) is 42.7 Å². The van der Waals surface area contributed by atoms with Gasteiger partial charge in [0.05, 0.1) is 0 Å². The summed E-state index contributed by atoms with van der Waals surface area (Å²) in [7, 11) is 0. The zero-order chi connectivity index (χ0) is 15.1. The standard InChI is InChI=1S/C16H16Cl2N2O/c17-13-5-4-12(15(18)11-13)8-10-20-16(21)7-6-14-3-1-2-9-19-14/h1-5,9,11H,6-8,10H2,(H,20,21). The van der Waals surface area contributed by atoms with E-state index in [0.29, 0.717) is 35.9 Å². The van der Waals surface area contributed by atoms with Crippen LogP contribution in [0.4, 0.5) is 0 Å². The Balaban J connectivity index is 1.72. The number of nitrogens with zero attached hydrogens (tertiary/aromatic N) is 1. The molecule has 2 rings (SSSR count). The molecule has 0 saturated carbocycles. The summed E-state index contributed by atoms with van der Waals surface area (Å²) in [6, 6.07) is 11.1. The van der Waals surface area contributed by atoms with E-state index in [1.165, 1.54) is 0 Å². The van der Waals surface area contributed by atoms with Crippen LogP contribution in [-0.4, -0.2) is 17.4 Å². The van der Waals surface area contributed by atoms with Gasteiger partial charge in [0.25, 0.3) is 0 Å². The van der Waals surface area contributed by atoms with Crippen molar-refractivity contribution in [3.05, 3.63) is 63.9 Å². The topological polar surface area (TPSA) is 42.0 Å². The van der Waals surface area contributed by atoms with Crippen molar-refractivity contribution in [2.24, 2.45) is 0 Å². The minimum absolute atomic E-state index is 0.0192. The molecule has 0 aliphatic heterocycles. The van der Waals surface area contributed by atoms with Crippen molar-refractivity contribution < 1.29 is 4.79 Å². The summed E-state index contributed by atoms with van der Waals surface area (Å²) in [5.41, 5.74) is 1.90. The minimum atomic E-state index is 0.0192. The minimum Gasteiger partial charge on any atom is -0.356 e. The Bertz CT molecular complexity index is 602. The van der Waals surface area contributed by atoms with Gasteiger partial charge in [0.1, 0.15) is 0 Å². The van der Waals surface area contributed by atoms with Gasteiger partial charge in [0.2, 0.25) is 5.91 Å². The quantitative estimate of drug-likeness (QED) is 0.881. The maximum atomic E-state index is 11.8.